The Morgan fingerprint density at radius 3 is 2.36 bits per heavy atom. The second-order valence-electron chi connectivity index (χ2n) is 3.29. The fraction of sp³-hybridized carbons (Fsp3) is 0.300. The number of nitrogens with zero attached hydrogens (tertiary/aromatic N) is 2. The van der Waals surface area contributed by atoms with Crippen LogP contribution in [0.15, 0.2) is 33.9 Å². The third-order valence-corrected chi connectivity index (χ3v) is 2.29. The fourth-order valence-electron chi connectivity index (χ4n) is 1.12. The maximum Gasteiger partial charge on any atom is 0.101 e. The molecule has 14 heavy (non-hydrogen) atoms. The third-order valence-electron chi connectivity index (χ3n) is 1.76. The molecule has 0 heterocycles. The quantitative estimate of drug-likeness (QED) is 0.512. The van der Waals surface area contributed by atoms with E-state index in [1.165, 1.54) is 0 Å². The van der Waals surface area contributed by atoms with Crippen LogP contribution in [0.25, 0.3) is 0 Å². The summed E-state index contributed by atoms with van der Waals surface area (Å²) in [6.45, 7) is 0.623. The van der Waals surface area contributed by atoms with Crippen LogP contribution in [0.4, 0.5) is 0 Å². The number of hydrogen-bond acceptors (Lipinski definition) is 3. The van der Waals surface area contributed by atoms with Gasteiger partial charge in [0.2, 0.25) is 0 Å². The maximum atomic E-state index is 8.85. The zero-order valence-corrected chi connectivity index (χ0v) is 9.82. The summed E-state index contributed by atoms with van der Waals surface area (Å²) in [6.07, 6.45) is 0. The molecule has 0 radical (unpaired) electrons. The summed E-state index contributed by atoms with van der Waals surface area (Å²) in [5.74, 6) is 0. The van der Waals surface area contributed by atoms with Crippen molar-refractivity contribution < 1.29 is 5.21 Å². The van der Waals surface area contributed by atoms with Crippen molar-refractivity contribution in [3.63, 3.8) is 0 Å². The van der Waals surface area contributed by atoms with E-state index in [9.17, 15) is 0 Å². The summed E-state index contributed by atoms with van der Waals surface area (Å²) in [4.78, 5) is 1.96. The zero-order valence-electron chi connectivity index (χ0n) is 8.24. The first-order valence-electron chi connectivity index (χ1n) is 4.25. The van der Waals surface area contributed by atoms with Crippen LogP contribution in [0, 0.1) is 0 Å². The van der Waals surface area contributed by atoms with Gasteiger partial charge in [-0.25, -0.2) is 0 Å². The molecule has 0 unspecified atom stereocenters. The van der Waals surface area contributed by atoms with Crippen molar-refractivity contribution in [3.05, 3.63) is 34.3 Å². The van der Waals surface area contributed by atoms with Gasteiger partial charge in [-0.1, -0.05) is 33.2 Å². The van der Waals surface area contributed by atoms with Gasteiger partial charge in [0.25, 0.3) is 0 Å². The summed E-state index contributed by atoms with van der Waals surface area (Å²) >= 11 is 3.35. The standard InChI is InChI=1S/C10H13BrN2O/c1-13(2)7-10(12-14)8-3-5-9(11)6-4-8/h3-6,14H,7H2,1-2H3. The molecule has 1 rings (SSSR count). The van der Waals surface area contributed by atoms with Gasteiger partial charge in [0, 0.05) is 16.6 Å². The Morgan fingerprint density at radius 2 is 1.93 bits per heavy atom. The number of benzene rings is 1. The highest BCUT2D eigenvalue weighted by Crippen LogP contribution is 2.11. The monoisotopic (exact) mass is 256 g/mol. The first kappa shape index (κ1) is 11.2. The van der Waals surface area contributed by atoms with Crippen molar-refractivity contribution >= 4 is 21.6 Å². The van der Waals surface area contributed by atoms with Crippen LogP contribution in [0.3, 0.4) is 0 Å². The van der Waals surface area contributed by atoms with E-state index in [2.05, 4.69) is 21.1 Å². The minimum Gasteiger partial charge on any atom is -0.411 e. The molecular weight excluding hydrogens is 244 g/mol. The lowest BCUT2D eigenvalue weighted by atomic mass is 10.1. The smallest absolute Gasteiger partial charge is 0.101 e. The predicted molar refractivity (Wildman–Crippen MR) is 61.0 cm³/mol. The van der Waals surface area contributed by atoms with E-state index < -0.39 is 0 Å². The molecule has 0 aliphatic carbocycles. The molecule has 0 atom stereocenters. The Hall–Kier alpha value is -0.870. The van der Waals surface area contributed by atoms with Crippen LogP contribution in [-0.4, -0.2) is 36.5 Å². The van der Waals surface area contributed by atoms with Crippen LogP contribution >= 0.6 is 15.9 Å². The van der Waals surface area contributed by atoms with Crippen molar-refractivity contribution in [2.24, 2.45) is 5.16 Å². The van der Waals surface area contributed by atoms with Gasteiger partial charge in [0.1, 0.15) is 5.71 Å². The Morgan fingerprint density at radius 1 is 1.36 bits per heavy atom. The van der Waals surface area contributed by atoms with Gasteiger partial charge in [-0.2, -0.15) is 0 Å². The topological polar surface area (TPSA) is 35.8 Å². The van der Waals surface area contributed by atoms with Crippen LogP contribution in [0.2, 0.25) is 0 Å². The third kappa shape index (κ3) is 3.12. The zero-order chi connectivity index (χ0) is 10.6. The molecule has 0 amide bonds. The van der Waals surface area contributed by atoms with Crippen molar-refractivity contribution in [3.8, 4) is 0 Å². The SMILES string of the molecule is CN(C)CC(=NO)c1ccc(Br)cc1. The van der Waals surface area contributed by atoms with Gasteiger partial charge >= 0.3 is 0 Å². The van der Waals surface area contributed by atoms with Gasteiger partial charge < -0.3 is 10.1 Å². The lowest BCUT2D eigenvalue weighted by molar-refractivity contribution is 0.315. The van der Waals surface area contributed by atoms with Crippen molar-refractivity contribution in [1.29, 1.82) is 0 Å². The number of rotatable bonds is 3. The van der Waals surface area contributed by atoms with Gasteiger partial charge in [-0.05, 0) is 26.2 Å². The van der Waals surface area contributed by atoms with Crippen LogP contribution in [0.1, 0.15) is 5.56 Å². The Kier molecular flexibility index (Phi) is 4.10. The van der Waals surface area contributed by atoms with Gasteiger partial charge in [0.05, 0.1) is 0 Å². The second-order valence-corrected chi connectivity index (χ2v) is 4.21. The summed E-state index contributed by atoms with van der Waals surface area (Å²) in [5, 5.41) is 12.1. The normalized spacial score (nSPS) is 12.1. The molecule has 1 aromatic rings. The van der Waals surface area contributed by atoms with E-state index in [4.69, 9.17) is 5.21 Å². The van der Waals surface area contributed by atoms with Crippen LogP contribution in [-0.2, 0) is 0 Å². The number of hydrogen-bond donors (Lipinski definition) is 1. The van der Waals surface area contributed by atoms with Crippen LogP contribution < -0.4 is 0 Å². The average Bonchev–Trinajstić information content (AvgIpc) is 2.15. The minimum atomic E-state index is 0.623. The van der Waals surface area contributed by atoms with Crippen LogP contribution in [0.5, 0.6) is 0 Å². The molecule has 1 N–H and O–H groups in total. The van der Waals surface area contributed by atoms with E-state index >= 15 is 0 Å². The number of likely N-dealkylation sites (N-methyl/N-ethyl adjacent to an activating group) is 1. The van der Waals surface area contributed by atoms with Crippen molar-refractivity contribution in [2.75, 3.05) is 20.6 Å². The molecule has 0 bridgehead atoms. The molecule has 3 nitrogen and oxygen atoms in total. The molecule has 0 spiro atoms. The molecule has 1 aromatic carbocycles. The summed E-state index contributed by atoms with van der Waals surface area (Å²) in [6, 6.07) is 7.69. The molecule has 0 fully saturated rings. The fourth-order valence-corrected chi connectivity index (χ4v) is 1.39. The first-order chi connectivity index (χ1) is 6.63. The molecule has 0 aromatic heterocycles. The Labute approximate surface area is 92.2 Å². The van der Waals surface area contributed by atoms with Gasteiger partial charge in [-0.15, -0.1) is 0 Å². The van der Waals surface area contributed by atoms with Crippen molar-refractivity contribution in [1.82, 2.24) is 4.90 Å². The van der Waals surface area contributed by atoms with Gasteiger partial charge in [-0.3, -0.25) is 0 Å². The average molecular weight is 257 g/mol. The number of oxime groups is 1. The molecule has 4 heteroatoms. The Balaban J connectivity index is 2.85. The molecule has 0 aliphatic rings. The molecule has 76 valence electrons. The second kappa shape index (κ2) is 5.12. The van der Waals surface area contributed by atoms with E-state index in [1.807, 2.05) is 43.3 Å². The van der Waals surface area contributed by atoms with Crippen molar-refractivity contribution in [2.45, 2.75) is 0 Å². The van der Waals surface area contributed by atoms with Gasteiger partial charge in [0.15, 0.2) is 0 Å². The Bertz CT molecular complexity index is 319. The first-order valence-corrected chi connectivity index (χ1v) is 5.04. The van der Waals surface area contributed by atoms with E-state index in [0.29, 0.717) is 12.3 Å². The summed E-state index contributed by atoms with van der Waals surface area (Å²) in [5.41, 5.74) is 1.60. The summed E-state index contributed by atoms with van der Waals surface area (Å²) < 4.78 is 1.02. The predicted octanol–water partition coefficient (Wildman–Crippen LogP) is 2.19. The molecule has 0 saturated carbocycles. The highest BCUT2D eigenvalue weighted by Gasteiger charge is 2.04. The lowest BCUT2D eigenvalue weighted by Crippen LogP contribution is -2.22. The minimum absolute atomic E-state index is 0.623. The highest BCUT2D eigenvalue weighted by atomic mass is 79.9. The lowest BCUT2D eigenvalue weighted by Gasteiger charge is -2.10. The van der Waals surface area contributed by atoms with E-state index in [-0.39, 0.29) is 0 Å². The maximum absolute atomic E-state index is 8.85. The van der Waals surface area contributed by atoms with E-state index in [1.54, 1.807) is 0 Å². The molecular formula is C10H13BrN2O. The summed E-state index contributed by atoms with van der Waals surface area (Å²) in [7, 11) is 3.87. The largest absolute Gasteiger partial charge is 0.411 e. The van der Waals surface area contributed by atoms with E-state index in [0.717, 1.165) is 10.0 Å². The highest BCUT2D eigenvalue weighted by molar-refractivity contribution is 9.10. The molecule has 0 aliphatic heterocycles. The molecule has 0 saturated heterocycles. The number of halogens is 1.